The molecule has 1 unspecified atom stereocenters. The summed E-state index contributed by atoms with van der Waals surface area (Å²) in [6.07, 6.45) is 0.357. The van der Waals surface area contributed by atoms with Gasteiger partial charge in [0.1, 0.15) is 17.1 Å². The summed E-state index contributed by atoms with van der Waals surface area (Å²) in [4.78, 5) is 26.4. The number of amides is 2. The van der Waals surface area contributed by atoms with Gasteiger partial charge in [0.05, 0.1) is 18.3 Å². The number of benzene rings is 5. The van der Waals surface area contributed by atoms with Crippen LogP contribution in [0.15, 0.2) is 120 Å². The highest BCUT2D eigenvalue weighted by molar-refractivity contribution is 7.85. The van der Waals surface area contributed by atoms with Gasteiger partial charge in [0.25, 0.3) is 16.0 Å². The van der Waals surface area contributed by atoms with Gasteiger partial charge in [0, 0.05) is 28.7 Å². The molecule has 10 heteroatoms. The van der Waals surface area contributed by atoms with Gasteiger partial charge in [0.15, 0.2) is 0 Å². The topological polar surface area (TPSA) is 135 Å². The van der Waals surface area contributed by atoms with Crippen LogP contribution in [0.2, 0.25) is 0 Å². The van der Waals surface area contributed by atoms with E-state index >= 15 is 0 Å². The van der Waals surface area contributed by atoms with Crippen molar-refractivity contribution in [3.8, 4) is 17.1 Å². The number of carbonyl (C=O) groups is 2. The minimum atomic E-state index is -4.18. The number of furan rings is 1. The molecule has 5 aromatic carbocycles. The first-order chi connectivity index (χ1) is 23.1. The van der Waals surface area contributed by atoms with Crippen molar-refractivity contribution in [2.75, 3.05) is 24.2 Å². The molecule has 244 valence electrons. The zero-order chi connectivity index (χ0) is 33.7. The second kappa shape index (κ2) is 14.1. The number of nitrogens with one attached hydrogen (secondary N) is 2. The number of anilines is 1. The maximum Gasteiger partial charge on any atom is 0.266 e. The zero-order valence-corrected chi connectivity index (χ0v) is 27.0. The Morgan fingerprint density at radius 1 is 0.833 bits per heavy atom. The van der Waals surface area contributed by atoms with E-state index in [0.29, 0.717) is 24.3 Å². The molecule has 6 aromatic rings. The van der Waals surface area contributed by atoms with Crippen LogP contribution in [0.1, 0.15) is 34.3 Å². The van der Waals surface area contributed by atoms with Crippen molar-refractivity contribution >= 4 is 49.4 Å². The van der Waals surface area contributed by atoms with Crippen LogP contribution in [-0.2, 0) is 21.3 Å². The molecular formula is C38H34N2O7S. The summed E-state index contributed by atoms with van der Waals surface area (Å²) in [5.74, 6) is -0.276. The lowest BCUT2D eigenvalue weighted by Crippen LogP contribution is -2.28. The third-order valence-corrected chi connectivity index (χ3v) is 8.75. The predicted octanol–water partition coefficient (Wildman–Crippen LogP) is 7.23. The maximum atomic E-state index is 14.0. The van der Waals surface area contributed by atoms with Crippen LogP contribution < -0.4 is 15.4 Å². The Labute approximate surface area is 278 Å². The third kappa shape index (κ3) is 7.91. The molecule has 2 amide bonds. The van der Waals surface area contributed by atoms with E-state index < -0.39 is 27.7 Å². The molecule has 1 aromatic heterocycles. The fraction of sp³-hybridized carbons (Fsp3) is 0.158. The van der Waals surface area contributed by atoms with Crippen molar-refractivity contribution in [2.45, 2.75) is 19.3 Å². The molecule has 0 aliphatic heterocycles. The van der Waals surface area contributed by atoms with Crippen molar-refractivity contribution in [3.05, 3.63) is 132 Å². The minimum absolute atomic E-state index is 0.191. The highest BCUT2D eigenvalue weighted by Gasteiger charge is 2.23. The van der Waals surface area contributed by atoms with Crippen LogP contribution in [0.25, 0.3) is 33.1 Å². The van der Waals surface area contributed by atoms with Crippen LogP contribution >= 0.6 is 0 Å². The summed E-state index contributed by atoms with van der Waals surface area (Å²) in [6, 6.07) is 35.9. The van der Waals surface area contributed by atoms with Crippen molar-refractivity contribution in [1.82, 2.24) is 5.32 Å². The van der Waals surface area contributed by atoms with Gasteiger partial charge in [0.2, 0.25) is 5.91 Å². The van der Waals surface area contributed by atoms with Crippen LogP contribution in [-0.4, -0.2) is 43.7 Å². The standard InChI is InChI=1S/C38H34N2O7S/c1-2-46-33-18-15-28-22-30(12-11-29(28)23-33)34(21-25-7-9-27(10-8-25)37(41)39-19-20-48(43,44)45)38(42)40-32-16-13-26(14-17-32)36-24-31-5-3-4-6-35(31)47-36/h3-18,22-24,34H,2,19-21H2,1H3,(H,39,41)(H,40,42)(H,43,44,45). The number of fused-ring (bicyclic) bond motifs is 2. The molecule has 0 spiro atoms. The van der Waals surface area contributed by atoms with E-state index in [1.165, 1.54) is 0 Å². The summed E-state index contributed by atoms with van der Waals surface area (Å²) in [5, 5.41) is 8.55. The predicted molar refractivity (Wildman–Crippen MR) is 187 cm³/mol. The summed E-state index contributed by atoms with van der Waals surface area (Å²) in [6.45, 7) is 2.29. The number of rotatable bonds is 12. The summed E-state index contributed by atoms with van der Waals surface area (Å²) < 4.78 is 42.5. The monoisotopic (exact) mass is 662 g/mol. The molecule has 0 saturated carbocycles. The van der Waals surface area contributed by atoms with E-state index in [4.69, 9.17) is 13.7 Å². The van der Waals surface area contributed by atoms with Crippen LogP contribution in [0.3, 0.4) is 0 Å². The second-order valence-corrected chi connectivity index (χ2v) is 13.0. The van der Waals surface area contributed by atoms with Gasteiger partial charge < -0.3 is 19.8 Å². The highest BCUT2D eigenvalue weighted by Crippen LogP contribution is 2.31. The summed E-state index contributed by atoms with van der Waals surface area (Å²) in [7, 11) is -4.18. The quantitative estimate of drug-likeness (QED) is 0.118. The molecule has 1 heterocycles. The largest absolute Gasteiger partial charge is 0.494 e. The van der Waals surface area contributed by atoms with E-state index in [2.05, 4.69) is 10.6 Å². The van der Waals surface area contributed by atoms with Crippen LogP contribution in [0, 0.1) is 0 Å². The Morgan fingerprint density at radius 2 is 1.56 bits per heavy atom. The molecule has 9 nitrogen and oxygen atoms in total. The van der Waals surface area contributed by atoms with E-state index in [0.717, 1.165) is 49.9 Å². The van der Waals surface area contributed by atoms with E-state index in [1.807, 2.05) is 97.9 Å². The average molecular weight is 663 g/mol. The lowest BCUT2D eigenvalue weighted by molar-refractivity contribution is -0.117. The van der Waals surface area contributed by atoms with Gasteiger partial charge in [-0.1, -0.05) is 54.6 Å². The molecule has 48 heavy (non-hydrogen) atoms. The maximum absolute atomic E-state index is 14.0. The summed E-state index contributed by atoms with van der Waals surface area (Å²) >= 11 is 0. The van der Waals surface area contributed by atoms with Gasteiger partial charge in [-0.3, -0.25) is 14.1 Å². The number of para-hydroxylation sites is 1. The van der Waals surface area contributed by atoms with Crippen molar-refractivity contribution in [2.24, 2.45) is 0 Å². The van der Waals surface area contributed by atoms with Crippen molar-refractivity contribution in [3.63, 3.8) is 0 Å². The Bertz CT molecular complexity index is 2160. The number of hydrogen-bond donors (Lipinski definition) is 3. The Morgan fingerprint density at radius 3 is 2.29 bits per heavy atom. The number of hydrogen-bond acceptors (Lipinski definition) is 6. The molecule has 0 radical (unpaired) electrons. The van der Waals surface area contributed by atoms with Crippen LogP contribution in [0.4, 0.5) is 5.69 Å². The smallest absolute Gasteiger partial charge is 0.266 e. The highest BCUT2D eigenvalue weighted by atomic mass is 32.2. The molecule has 0 aliphatic rings. The first-order valence-corrected chi connectivity index (χ1v) is 17.1. The van der Waals surface area contributed by atoms with Gasteiger partial charge >= 0.3 is 0 Å². The van der Waals surface area contributed by atoms with Crippen molar-refractivity contribution in [1.29, 1.82) is 0 Å². The van der Waals surface area contributed by atoms with E-state index in [1.54, 1.807) is 24.3 Å². The molecule has 3 N–H and O–H groups in total. The van der Waals surface area contributed by atoms with Gasteiger partial charge in [-0.15, -0.1) is 0 Å². The molecular weight excluding hydrogens is 628 g/mol. The lowest BCUT2D eigenvalue weighted by Gasteiger charge is -2.19. The SMILES string of the molecule is CCOc1ccc2cc(C(Cc3ccc(C(=O)NCCS(=O)(=O)O)cc3)C(=O)Nc3ccc(-c4cc5ccccc5o4)cc3)ccc2c1. The van der Waals surface area contributed by atoms with E-state index in [9.17, 15) is 18.0 Å². The fourth-order valence-corrected chi connectivity index (χ4v) is 5.93. The average Bonchev–Trinajstić information content (AvgIpc) is 3.52. The second-order valence-electron chi connectivity index (χ2n) is 11.4. The molecule has 6 rings (SSSR count). The number of ether oxygens (including phenoxy) is 1. The van der Waals surface area contributed by atoms with Crippen LogP contribution in [0.5, 0.6) is 5.75 Å². The summed E-state index contributed by atoms with van der Waals surface area (Å²) in [5.41, 5.74) is 4.33. The lowest BCUT2D eigenvalue weighted by atomic mass is 9.89. The van der Waals surface area contributed by atoms with Gasteiger partial charge in [-0.05, 0) is 95.9 Å². The van der Waals surface area contributed by atoms with Gasteiger partial charge in [-0.2, -0.15) is 8.42 Å². The van der Waals surface area contributed by atoms with Gasteiger partial charge in [-0.25, -0.2) is 0 Å². The molecule has 1 atom stereocenters. The molecule has 0 bridgehead atoms. The fourth-order valence-electron chi connectivity index (χ4n) is 5.57. The van der Waals surface area contributed by atoms with E-state index in [-0.39, 0.29) is 12.5 Å². The first-order valence-electron chi connectivity index (χ1n) is 15.5. The molecule has 0 saturated heterocycles. The zero-order valence-electron chi connectivity index (χ0n) is 26.2. The Hall–Kier alpha value is -5.45. The number of carbonyl (C=O) groups excluding carboxylic acids is 2. The first kappa shape index (κ1) is 32.5. The van der Waals surface area contributed by atoms with Crippen molar-refractivity contribution < 1.29 is 31.7 Å². The minimum Gasteiger partial charge on any atom is -0.494 e. The Kier molecular flexibility index (Phi) is 9.56. The molecule has 0 fully saturated rings. The Balaban J connectivity index is 1.23. The molecule has 0 aliphatic carbocycles. The third-order valence-electron chi connectivity index (χ3n) is 8.03. The normalized spacial score (nSPS) is 12.1.